The number of nitrogen functional groups attached to an aromatic ring is 1. The van der Waals surface area contributed by atoms with E-state index in [1.165, 1.54) is 0 Å². The molecule has 21 heavy (non-hydrogen) atoms. The Labute approximate surface area is 129 Å². The lowest BCUT2D eigenvalue weighted by Crippen LogP contribution is -2.14. The van der Waals surface area contributed by atoms with E-state index in [0.717, 1.165) is 21.3 Å². The molecule has 0 bridgehead atoms. The molecule has 0 amide bonds. The van der Waals surface area contributed by atoms with Gasteiger partial charge in [0.2, 0.25) is 0 Å². The van der Waals surface area contributed by atoms with Crippen LogP contribution in [-0.4, -0.2) is 11.7 Å². The topological polar surface area (TPSA) is 70.4 Å². The van der Waals surface area contributed by atoms with Crippen LogP contribution in [0.5, 0.6) is 5.75 Å². The number of benzene rings is 2. The molecule has 2 N–H and O–H groups in total. The van der Waals surface area contributed by atoms with Gasteiger partial charge in [0.05, 0.1) is 23.6 Å². The lowest BCUT2D eigenvalue weighted by atomic mass is 10.2. The number of rotatable bonds is 3. The summed E-state index contributed by atoms with van der Waals surface area (Å²) < 4.78 is 12.8. The fraction of sp³-hybridized carbons (Fsp3) is 0.133. The maximum absolute atomic E-state index is 12.0. The maximum Gasteiger partial charge on any atom is 0.420 e. The highest BCUT2D eigenvalue weighted by atomic mass is 79.9. The Morgan fingerprint density at radius 3 is 2.81 bits per heavy atom. The number of aromatic nitrogens is 1. The zero-order chi connectivity index (χ0) is 15.0. The highest BCUT2D eigenvalue weighted by Crippen LogP contribution is 2.26. The highest BCUT2D eigenvalue weighted by molar-refractivity contribution is 9.10. The first kappa shape index (κ1) is 13.8. The number of ether oxygens (including phenoxy) is 1. The van der Waals surface area contributed by atoms with Crippen LogP contribution in [-0.2, 0) is 6.54 Å². The van der Waals surface area contributed by atoms with E-state index in [-0.39, 0.29) is 0 Å². The number of methoxy groups -OCH3 is 1. The molecule has 0 radical (unpaired) electrons. The quantitative estimate of drug-likeness (QED) is 0.738. The van der Waals surface area contributed by atoms with Crippen LogP contribution in [0.3, 0.4) is 0 Å². The Morgan fingerprint density at radius 2 is 2.10 bits per heavy atom. The van der Waals surface area contributed by atoms with Crippen LogP contribution < -0.4 is 16.2 Å². The number of fused-ring (bicyclic) bond motifs is 1. The van der Waals surface area contributed by atoms with Gasteiger partial charge in [-0.1, -0.05) is 6.07 Å². The van der Waals surface area contributed by atoms with Crippen LogP contribution in [0.25, 0.3) is 11.1 Å². The fourth-order valence-electron chi connectivity index (χ4n) is 2.22. The molecular formula is C15H13BrN2O3. The average molecular weight is 349 g/mol. The first-order valence-electron chi connectivity index (χ1n) is 6.30. The molecule has 0 spiro atoms. The first-order valence-corrected chi connectivity index (χ1v) is 7.09. The third-order valence-electron chi connectivity index (χ3n) is 3.25. The standard InChI is InChI=1S/C15H13BrN2O3/c1-20-13-5-2-9(6-11(13)16)8-18-12-4-3-10(17)7-14(12)21-15(18)19/h2-7H,8,17H2,1H3. The molecular weight excluding hydrogens is 336 g/mol. The molecule has 108 valence electrons. The van der Waals surface area contributed by atoms with E-state index < -0.39 is 5.76 Å². The van der Waals surface area contributed by atoms with Crippen LogP contribution in [0, 0.1) is 0 Å². The Kier molecular flexibility index (Phi) is 3.47. The van der Waals surface area contributed by atoms with Crippen molar-refractivity contribution in [1.82, 2.24) is 4.57 Å². The second-order valence-electron chi connectivity index (χ2n) is 4.65. The third-order valence-corrected chi connectivity index (χ3v) is 3.87. The monoisotopic (exact) mass is 348 g/mol. The molecule has 0 aliphatic carbocycles. The van der Waals surface area contributed by atoms with Crippen LogP contribution in [0.2, 0.25) is 0 Å². The molecule has 6 heteroatoms. The van der Waals surface area contributed by atoms with Crippen molar-refractivity contribution in [1.29, 1.82) is 0 Å². The van der Waals surface area contributed by atoms with E-state index in [0.29, 0.717) is 17.8 Å². The summed E-state index contributed by atoms with van der Waals surface area (Å²) in [6, 6.07) is 10.9. The van der Waals surface area contributed by atoms with Gasteiger partial charge in [-0.2, -0.15) is 0 Å². The van der Waals surface area contributed by atoms with Gasteiger partial charge in [-0.15, -0.1) is 0 Å². The molecule has 0 atom stereocenters. The summed E-state index contributed by atoms with van der Waals surface area (Å²) in [7, 11) is 1.61. The van der Waals surface area contributed by atoms with Gasteiger partial charge in [0.25, 0.3) is 0 Å². The number of nitrogens with two attached hydrogens (primary N) is 1. The summed E-state index contributed by atoms with van der Waals surface area (Å²) in [6.07, 6.45) is 0. The second kappa shape index (κ2) is 5.29. The van der Waals surface area contributed by atoms with Crippen molar-refractivity contribution in [2.24, 2.45) is 0 Å². The van der Waals surface area contributed by atoms with Crippen molar-refractivity contribution >= 4 is 32.7 Å². The molecule has 0 saturated carbocycles. The Balaban J connectivity index is 2.04. The molecule has 0 unspecified atom stereocenters. The average Bonchev–Trinajstić information content (AvgIpc) is 2.74. The second-order valence-corrected chi connectivity index (χ2v) is 5.50. The predicted molar refractivity (Wildman–Crippen MR) is 84.7 cm³/mol. The summed E-state index contributed by atoms with van der Waals surface area (Å²) in [4.78, 5) is 12.0. The number of nitrogens with zero attached hydrogens (tertiary/aromatic N) is 1. The number of halogens is 1. The van der Waals surface area contributed by atoms with Gasteiger partial charge in [0.1, 0.15) is 5.75 Å². The Hall–Kier alpha value is -2.21. The van der Waals surface area contributed by atoms with Crippen LogP contribution in [0.4, 0.5) is 5.69 Å². The van der Waals surface area contributed by atoms with E-state index in [9.17, 15) is 4.79 Å². The Morgan fingerprint density at radius 1 is 1.29 bits per heavy atom. The first-order chi connectivity index (χ1) is 10.1. The maximum atomic E-state index is 12.0. The van der Waals surface area contributed by atoms with Crippen molar-refractivity contribution in [3.05, 3.63) is 57.0 Å². The molecule has 1 heterocycles. The summed E-state index contributed by atoms with van der Waals surface area (Å²) >= 11 is 3.44. The number of hydrogen-bond donors (Lipinski definition) is 1. The van der Waals surface area contributed by atoms with Crippen molar-refractivity contribution in [3.8, 4) is 5.75 Å². The van der Waals surface area contributed by atoms with Crippen molar-refractivity contribution in [3.63, 3.8) is 0 Å². The smallest absolute Gasteiger partial charge is 0.420 e. The lowest BCUT2D eigenvalue weighted by Gasteiger charge is -2.07. The van der Waals surface area contributed by atoms with Gasteiger partial charge in [0, 0.05) is 11.8 Å². The Bertz CT molecular complexity index is 867. The van der Waals surface area contributed by atoms with Crippen LogP contribution in [0.15, 0.2) is 50.1 Å². The van der Waals surface area contributed by atoms with Gasteiger partial charge in [-0.25, -0.2) is 4.79 Å². The van der Waals surface area contributed by atoms with Gasteiger partial charge in [0.15, 0.2) is 5.58 Å². The lowest BCUT2D eigenvalue weighted by molar-refractivity contribution is 0.412. The normalized spacial score (nSPS) is 11.0. The van der Waals surface area contributed by atoms with E-state index in [1.807, 2.05) is 18.2 Å². The minimum absolute atomic E-state index is 0.400. The molecule has 2 aromatic carbocycles. The SMILES string of the molecule is COc1ccc(Cn2c(=O)oc3cc(N)ccc32)cc1Br. The van der Waals surface area contributed by atoms with E-state index in [1.54, 1.807) is 29.9 Å². The fourth-order valence-corrected chi connectivity index (χ4v) is 2.81. The minimum Gasteiger partial charge on any atom is -0.496 e. The van der Waals surface area contributed by atoms with Crippen molar-refractivity contribution in [2.45, 2.75) is 6.54 Å². The third kappa shape index (κ3) is 2.54. The van der Waals surface area contributed by atoms with Crippen molar-refractivity contribution < 1.29 is 9.15 Å². The molecule has 0 saturated heterocycles. The van der Waals surface area contributed by atoms with E-state index in [4.69, 9.17) is 14.9 Å². The van der Waals surface area contributed by atoms with Crippen LogP contribution >= 0.6 is 15.9 Å². The number of oxazole rings is 1. The van der Waals surface area contributed by atoms with Gasteiger partial charge in [-0.3, -0.25) is 4.57 Å². The molecule has 5 nitrogen and oxygen atoms in total. The highest BCUT2D eigenvalue weighted by Gasteiger charge is 2.11. The summed E-state index contributed by atoms with van der Waals surface area (Å²) in [6.45, 7) is 0.415. The van der Waals surface area contributed by atoms with E-state index in [2.05, 4.69) is 15.9 Å². The summed E-state index contributed by atoms with van der Waals surface area (Å²) in [5.41, 5.74) is 8.44. The predicted octanol–water partition coefficient (Wildman–Crippen LogP) is 3.00. The van der Waals surface area contributed by atoms with Gasteiger partial charge in [-0.05, 0) is 45.8 Å². The molecule has 0 fully saturated rings. The number of anilines is 1. The van der Waals surface area contributed by atoms with Gasteiger partial charge >= 0.3 is 5.76 Å². The molecule has 0 aliphatic rings. The van der Waals surface area contributed by atoms with E-state index >= 15 is 0 Å². The van der Waals surface area contributed by atoms with Gasteiger partial charge < -0.3 is 14.9 Å². The molecule has 3 aromatic rings. The zero-order valence-electron chi connectivity index (χ0n) is 11.3. The zero-order valence-corrected chi connectivity index (χ0v) is 12.9. The number of hydrogen-bond acceptors (Lipinski definition) is 4. The van der Waals surface area contributed by atoms with Crippen LogP contribution in [0.1, 0.15) is 5.56 Å². The summed E-state index contributed by atoms with van der Waals surface area (Å²) in [5.74, 6) is 0.346. The molecule has 3 rings (SSSR count). The summed E-state index contributed by atoms with van der Waals surface area (Å²) in [5, 5.41) is 0. The minimum atomic E-state index is -0.400. The largest absolute Gasteiger partial charge is 0.496 e. The molecule has 0 aliphatic heterocycles. The molecule has 1 aromatic heterocycles. The van der Waals surface area contributed by atoms with Crippen molar-refractivity contribution in [2.75, 3.05) is 12.8 Å².